The summed E-state index contributed by atoms with van der Waals surface area (Å²) < 4.78 is 23.5. The molecule has 11 nitrogen and oxygen atoms in total. The first-order chi connectivity index (χ1) is 18.6. The first-order valence-corrected chi connectivity index (χ1v) is 14.1. The summed E-state index contributed by atoms with van der Waals surface area (Å²) >= 11 is 0. The fourth-order valence-electron chi connectivity index (χ4n) is 6.34. The van der Waals surface area contributed by atoms with Crippen molar-refractivity contribution in [1.82, 2.24) is 14.9 Å². The number of carbonyl (C=O) groups excluding carboxylic acids is 3. The van der Waals surface area contributed by atoms with E-state index in [2.05, 4.69) is 9.97 Å². The summed E-state index contributed by atoms with van der Waals surface area (Å²) in [7, 11) is 0. The number of rotatable bonds is 3. The van der Waals surface area contributed by atoms with Gasteiger partial charge < -0.3 is 28.7 Å². The van der Waals surface area contributed by atoms with E-state index in [1.54, 1.807) is 4.90 Å². The van der Waals surface area contributed by atoms with Crippen molar-refractivity contribution in [3.05, 3.63) is 18.0 Å². The number of fused-ring (bicyclic) bond motifs is 2. The smallest absolute Gasteiger partial charge is 0.410 e. The van der Waals surface area contributed by atoms with Gasteiger partial charge in [0.05, 0.1) is 19.1 Å². The molecular formula is C28H40N4O7. The number of ether oxygens (including phenoxy) is 4. The Morgan fingerprint density at radius 3 is 2.62 bits per heavy atom. The number of anilines is 1. The van der Waals surface area contributed by atoms with Crippen molar-refractivity contribution in [3.63, 3.8) is 0 Å². The SMILES string of the molecule is C[C@H]1CN(C(=O)OC(C)(C)C)CCCN1c1nccc(C(=O)C2OCCC3CCCC4(OCCO4)C3C2=O)n1. The summed E-state index contributed by atoms with van der Waals surface area (Å²) in [6.07, 6.45) is 3.76. The summed E-state index contributed by atoms with van der Waals surface area (Å²) in [6, 6.07) is 1.42. The molecule has 0 N–H and O–H groups in total. The molecule has 39 heavy (non-hydrogen) atoms. The van der Waals surface area contributed by atoms with Gasteiger partial charge in [0, 0.05) is 44.9 Å². The maximum absolute atomic E-state index is 13.8. The third kappa shape index (κ3) is 5.81. The van der Waals surface area contributed by atoms with Crippen LogP contribution in [0.2, 0.25) is 0 Å². The van der Waals surface area contributed by atoms with Crippen LogP contribution in [0.25, 0.3) is 0 Å². The lowest BCUT2D eigenvalue weighted by atomic mass is 9.70. The summed E-state index contributed by atoms with van der Waals surface area (Å²) in [5.41, 5.74) is -0.440. The molecule has 214 valence electrons. The standard InChI is InChI=1S/C28H40N4O7/c1-18-17-31(26(35)39-27(2,3)4)12-6-13-32(18)25-29-11-8-20(30-25)22(33)24-23(34)21-19(9-14-36-24)7-5-10-28(21)37-15-16-38-28/h8,11,18-19,21,24H,5-7,9-10,12-17H2,1-4H3/t18-,19?,21?,24?/m0/s1. The van der Waals surface area contributed by atoms with Crippen molar-refractivity contribution in [2.75, 3.05) is 44.4 Å². The molecule has 1 aromatic heterocycles. The Hall–Kier alpha value is -2.63. The fourth-order valence-corrected chi connectivity index (χ4v) is 6.34. The average Bonchev–Trinajstić information content (AvgIpc) is 3.15. The zero-order chi connectivity index (χ0) is 27.8. The van der Waals surface area contributed by atoms with Crippen LogP contribution in [0.3, 0.4) is 0 Å². The van der Waals surface area contributed by atoms with Gasteiger partial charge in [0.25, 0.3) is 0 Å². The third-order valence-electron chi connectivity index (χ3n) is 8.05. The van der Waals surface area contributed by atoms with E-state index in [1.165, 1.54) is 12.3 Å². The lowest BCUT2D eigenvalue weighted by Crippen LogP contribution is -2.53. The molecule has 1 saturated carbocycles. The summed E-state index contributed by atoms with van der Waals surface area (Å²) in [5, 5.41) is 0. The van der Waals surface area contributed by atoms with E-state index < -0.39 is 29.2 Å². The second-order valence-electron chi connectivity index (χ2n) is 12.0. The normalized spacial score (nSPS) is 29.5. The first kappa shape index (κ1) is 27.9. The van der Waals surface area contributed by atoms with Gasteiger partial charge in [-0.25, -0.2) is 14.8 Å². The molecule has 4 atom stereocenters. The van der Waals surface area contributed by atoms with Crippen LogP contribution in [-0.2, 0) is 23.7 Å². The highest BCUT2D eigenvalue weighted by Crippen LogP contribution is 2.47. The number of ketones is 2. The zero-order valence-electron chi connectivity index (χ0n) is 23.4. The van der Waals surface area contributed by atoms with Gasteiger partial charge in [-0.2, -0.15) is 0 Å². The minimum absolute atomic E-state index is 0.0639. The van der Waals surface area contributed by atoms with Crippen molar-refractivity contribution in [2.45, 2.75) is 83.3 Å². The summed E-state index contributed by atoms with van der Waals surface area (Å²) in [5.74, 6) is -1.79. The van der Waals surface area contributed by atoms with Crippen molar-refractivity contribution < 1.29 is 33.3 Å². The molecule has 0 radical (unpaired) electrons. The first-order valence-electron chi connectivity index (χ1n) is 14.1. The molecule has 0 bridgehead atoms. The predicted molar refractivity (Wildman–Crippen MR) is 140 cm³/mol. The van der Waals surface area contributed by atoms with Crippen LogP contribution in [0.1, 0.15) is 70.3 Å². The number of hydrogen-bond donors (Lipinski definition) is 0. The van der Waals surface area contributed by atoms with E-state index in [9.17, 15) is 14.4 Å². The number of hydrogen-bond acceptors (Lipinski definition) is 10. The highest BCUT2D eigenvalue weighted by Gasteiger charge is 2.56. The van der Waals surface area contributed by atoms with Crippen LogP contribution in [0, 0.1) is 11.8 Å². The van der Waals surface area contributed by atoms with Crippen LogP contribution in [0.4, 0.5) is 10.7 Å². The molecule has 11 heteroatoms. The van der Waals surface area contributed by atoms with E-state index in [-0.39, 0.29) is 29.5 Å². The molecular weight excluding hydrogens is 504 g/mol. The van der Waals surface area contributed by atoms with Crippen LogP contribution in [0.5, 0.6) is 0 Å². The van der Waals surface area contributed by atoms with Crippen LogP contribution >= 0.6 is 0 Å². The fraction of sp³-hybridized carbons (Fsp3) is 0.750. The molecule has 4 heterocycles. The Morgan fingerprint density at radius 2 is 1.87 bits per heavy atom. The van der Waals surface area contributed by atoms with Gasteiger partial charge in [-0.1, -0.05) is 0 Å². The monoisotopic (exact) mass is 544 g/mol. The Bertz CT molecular complexity index is 1080. The molecule has 5 rings (SSSR count). The van der Waals surface area contributed by atoms with Gasteiger partial charge in [0.1, 0.15) is 11.3 Å². The van der Waals surface area contributed by atoms with Gasteiger partial charge in [0.15, 0.2) is 17.7 Å². The number of carbonyl (C=O) groups is 3. The molecule has 1 amide bonds. The van der Waals surface area contributed by atoms with E-state index in [1.807, 2.05) is 32.6 Å². The minimum atomic E-state index is -1.25. The number of nitrogens with zero attached hydrogens (tertiary/aromatic N) is 4. The Kier molecular flexibility index (Phi) is 7.94. The highest BCUT2D eigenvalue weighted by molar-refractivity contribution is 6.13. The van der Waals surface area contributed by atoms with Crippen LogP contribution in [-0.4, -0.2) is 95.5 Å². The Morgan fingerprint density at radius 1 is 1.10 bits per heavy atom. The van der Waals surface area contributed by atoms with Crippen LogP contribution < -0.4 is 4.90 Å². The van der Waals surface area contributed by atoms with Gasteiger partial charge >= 0.3 is 6.09 Å². The minimum Gasteiger partial charge on any atom is -0.444 e. The van der Waals surface area contributed by atoms with Gasteiger partial charge in [0.2, 0.25) is 11.7 Å². The van der Waals surface area contributed by atoms with Gasteiger partial charge in [-0.3, -0.25) is 9.59 Å². The van der Waals surface area contributed by atoms with Crippen molar-refractivity contribution in [2.24, 2.45) is 11.8 Å². The Balaban J connectivity index is 1.33. The molecule has 3 aliphatic heterocycles. The van der Waals surface area contributed by atoms with Crippen molar-refractivity contribution in [3.8, 4) is 0 Å². The lowest BCUT2D eigenvalue weighted by molar-refractivity contribution is -0.222. The predicted octanol–water partition coefficient (Wildman–Crippen LogP) is 3.01. The zero-order valence-corrected chi connectivity index (χ0v) is 23.4. The molecule has 3 unspecified atom stereocenters. The highest BCUT2D eigenvalue weighted by atomic mass is 16.7. The van der Waals surface area contributed by atoms with E-state index in [4.69, 9.17) is 18.9 Å². The summed E-state index contributed by atoms with van der Waals surface area (Å²) in [6.45, 7) is 10.3. The number of aromatic nitrogens is 2. The van der Waals surface area contributed by atoms with E-state index in [0.717, 1.165) is 12.8 Å². The molecule has 4 fully saturated rings. The quantitative estimate of drug-likeness (QED) is 0.415. The molecule has 0 aromatic carbocycles. The van der Waals surface area contributed by atoms with Gasteiger partial charge in [-0.15, -0.1) is 0 Å². The van der Waals surface area contributed by atoms with Gasteiger partial charge in [-0.05, 0) is 65.4 Å². The maximum Gasteiger partial charge on any atom is 0.410 e. The summed E-state index contributed by atoms with van der Waals surface area (Å²) in [4.78, 5) is 52.9. The van der Waals surface area contributed by atoms with E-state index in [0.29, 0.717) is 64.7 Å². The topological polar surface area (TPSA) is 120 Å². The number of Topliss-reactive ketones (excluding diaryl/α,β-unsaturated/α-hetero) is 2. The number of amides is 1. The molecule has 1 aromatic rings. The molecule has 4 aliphatic rings. The molecule has 3 saturated heterocycles. The molecule has 1 aliphatic carbocycles. The largest absolute Gasteiger partial charge is 0.444 e. The maximum atomic E-state index is 13.8. The van der Waals surface area contributed by atoms with Crippen LogP contribution in [0.15, 0.2) is 12.3 Å². The lowest BCUT2D eigenvalue weighted by Gasteiger charge is -2.42. The molecule has 1 spiro atoms. The Labute approximate surface area is 229 Å². The second kappa shape index (κ2) is 11.1. The second-order valence-corrected chi connectivity index (χ2v) is 12.0. The third-order valence-corrected chi connectivity index (χ3v) is 8.05. The van der Waals surface area contributed by atoms with Crippen molar-refractivity contribution in [1.29, 1.82) is 0 Å². The average molecular weight is 545 g/mol. The van der Waals surface area contributed by atoms with E-state index >= 15 is 0 Å². The van der Waals surface area contributed by atoms with Crippen molar-refractivity contribution >= 4 is 23.6 Å².